The van der Waals surface area contributed by atoms with Crippen LogP contribution in [0.15, 0.2) is 22.2 Å². The van der Waals surface area contributed by atoms with Crippen LogP contribution < -0.4 is 5.56 Å². The molecule has 19 heavy (non-hydrogen) atoms. The first-order valence-corrected chi connectivity index (χ1v) is 7.36. The number of hydrogen-bond donors (Lipinski definition) is 1. The van der Waals surface area contributed by atoms with E-state index in [0.29, 0.717) is 5.16 Å². The normalized spacial score (nSPS) is 10.9. The molecule has 0 unspecified atom stereocenters. The number of imidazole rings is 1. The van der Waals surface area contributed by atoms with E-state index in [2.05, 4.69) is 33.4 Å². The van der Waals surface area contributed by atoms with E-state index in [4.69, 9.17) is 0 Å². The van der Waals surface area contributed by atoms with E-state index >= 15 is 0 Å². The number of nitrogens with zero attached hydrogens (tertiary/aromatic N) is 3. The molecule has 0 atom stereocenters. The van der Waals surface area contributed by atoms with Crippen LogP contribution in [0.25, 0.3) is 0 Å². The smallest absolute Gasteiger partial charge is 0.251 e. The van der Waals surface area contributed by atoms with E-state index in [1.807, 2.05) is 13.1 Å². The van der Waals surface area contributed by atoms with E-state index in [-0.39, 0.29) is 5.56 Å². The van der Waals surface area contributed by atoms with Crippen molar-refractivity contribution in [3.05, 3.63) is 39.8 Å². The fourth-order valence-corrected chi connectivity index (χ4v) is 2.90. The molecule has 0 radical (unpaired) electrons. The zero-order valence-electron chi connectivity index (χ0n) is 11.4. The molecule has 2 heterocycles. The molecule has 102 valence electrons. The number of thioether (sulfide) groups is 1. The first-order chi connectivity index (χ1) is 9.13. The summed E-state index contributed by atoms with van der Waals surface area (Å²) in [6.07, 6.45) is 2.83. The Labute approximate surface area is 116 Å². The second-order valence-corrected chi connectivity index (χ2v) is 5.21. The molecule has 0 aliphatic rings. The summed E-state index contributed by atoms with van der Waals surface area (Å²) in [5.41, 5.74) is 1.80. The molecule has 6 heteroatoms. The van der Waals surface area contributed by atoms with E-state index in [0.717, 1.165) is 35.9 Å². The van der Waals surface area contributed by atoms with E-state index in [1.165, 1.54) is 17.8 Å². The number of nitrogens with one attached hydrogen (secondary N) is 1. The summed E-state index contributed by atoms with van der Waals surface area (Å²) in [5, 5.41) is 0.659. The number of rotatable bonds is 5. The standard InChI is InChI=1S/C13H18N4OS/c1-4-11-14-7-10(17(11)5-2)8-19-13-15-9(3)6-12(18)16-13/h6-7H,4-5,8H2,1-3H3,(H,15,16,18). The second-order valence-electron chi connectivity index (χ2n) is 4.24. The Kier molecular flexibility index (Phi) is 4.42. The van der Waals surface area contributed by atoms with E-state index in [1.54, 1.807) is 0 Å². The molecule has 2 aromatic heterocycles. The summed E-state index contributed by atoms with van der Waals surface area (Å²) < 4.78 is 2.21. The minimum atomic E-state index is -0.103. The van der Waals surface area contributed by atoms with Crippen molar-refractivity contribution in [3.63, 3.8) is 0 Å². The topological polar surface area (TPSA) is 63.6 Å². The van der Waals surface area contributed by atoms with Crippen molar-refractivity contribution in [1.82, 2.24) is 19.5 Å². The number of H-pyrrole nitrogens is 1. The summed E-state index contributed by atoms with van der Waals surface area (Å²) >= 11 is 1.53. The largest absolute Gasteiger partial charge is 0.331 e. The minimum Gasteiger partial charge on any atom is -0.331 e. The van der Waals surface area contributed by atoms with Gasteiger partial charge in [0.1, 0.15) is 5.82 Å². The fraction of sp³-hybridized carbons (Fsp3) is 0.462. The lowest BCUT2D eigenvalue weighted by Crippen LogP contribution is -2.08. The highest BCUT2D eigenvalue weighted by Gasteiger charge is 2.08. The van der Waals surface area contributed by atoms with Crippen LogP contribution in [0.5, 0.6) is 0 Å². The molecule has 0 bridgehead atoms. The van der Waals surface area contributed by atoms with Gasteiger partial charge in [-0.15, -0.1) is 0 Å². The van der Waals surface area contributed by atoms with Gasteiger partial charge in [-0.1, -0.05) is 18.7 Å². The lowest BCUT2D eigenvalue weighted by Gasteiger charge is -2.08. The van der Waals surface area contributed by atoms with Gasteiger partial charge in [-0.3, -0.25) is 4.79 Å². The number of aryl methyl sites for hydroxylation is 2. The summed E-state index contributed by atoms with van der Waals surface area (Å²) in [6, 6.07) is 1.50. The van der Waals surface area contributed by atoms with Gasteiger partial charge in [0.25, 0.3) is 5.56 Å². The fourth-order valence-electron chi connectivity index (χ4n) is 2.00. The Balaban J connectivity index is 2.14. The molecule has 2 rings (SSSR count). The Morgan fingerprint density at radius 2 is 2.21 bits per heavy atom. The maximum atomic E-state index is 11.4. The summed E-state index contributed by atoms with van der Waals surface area (Å²) in [6.45, 7) is 6.95. The van der Waals surface area contributed by atoms with Crippen LogP contribution in [0, 0.1) is 6.92 Å². The first kappa shape index (κ1) is 13.9. The average molecular weight is 278 g/mol. The van der Waals surface area contributed by atoms with Crippen molar-refractivity contribution in [2.45, 2.75) is 44.6 Å². The quantitative estimate of drug-likeness (QED) is 0.672. The zero-order chi connectivity index (χ0) is 13.8. The summed E-state index contributed by atoms with van der Waals surface area (Å²) in [5.74, 6) is 1.86. The maximum Gasteiger partial charge on any atom is 0.251 e. The monoisotopic (exact) mass is 278 g/mol. The van der Waals surface area contributed by atoms with Crippen molar-refractivity contribution in [1.29, 1.82) is 0 Å². The van der Waals surface area contributed by atoms with E-state index in [9.17, 15) is 4.79 Å². The first-order valence-electron chi connectivity index (χ1n) is 6.38. The molecule has 0 fully saturated rings. The highest BCUT2D eigenvalue weighted by Crippen LogP contribution is 2.19. The predicted octanol–water partition coefficient (Wildman–Crippen LogP) is 2.15. The molecule has 0 saturated heterocycles. The average Bonchev–Trinajstić information content (AvgIpc) is 2.77. The van der Waals surface area contributed by atoms with Gasteiger partial charge in [0, 0.05) is 42.4 Å². The molecular weight excluding hydrogens is 260 g/mol. The highest BCUT2D eigenvalue weighted by atomic mass is 32.2. The van der Waals surface area contributed by atoms with Crippen LogP contribution in [0.3, 0.4) is 0 Å². The third kappa shape index (κ3) is 3.26. The Morgan fingerprint density at radius 1 is 1.42 bits per heavy atom. The Bertz CT molecular complexity index is 617. The van der Waals surface area contributed by atoms with Gasteiger partial charge in [0.2, 0.25) is 0 Å². The van der Waals surface area contributed by atoms with Crippen LogP contribution in [-0.4, -0.2) is 19.5 Å². The van der Waals surface area contributed by atoms with Crippen molar-refractivity contribution >= 4 is 11.8 Å². The van der Waals surface area contributed by atoms with E-state index < -0.39 is 0 Å². The maximum absolute atomic E-state index is 11.4. The van der Waals surface area contributed by atoms with Crippen molar-refractivity contribution in [2.75, 3.05) is 0 Å². The zero-order valence-corrected chi connectivity index (χ0v) is 12.3. The van der Waals surface area contributed by atoms with Crippen LogP contribution in [-0.2, 0) is 18.7 Å². The molecule has 0 aromatic carbocycles. The van der Waals surface area contributed by atoms with Crippen LogP contribution in [0.1, 0.15) is 31.1 Å². The SMILES string of the molecule is CCc1ncc(CSc2nc(C)cc(=O)[nH]2)n1CC. The van der Waals surface area contributed by atoms with Gasteiger partial charge in [-0.25, -0.2) is 9.97 Å². The predicted molar refractivity (Wildman–Crippen MR) is 76.4 cm³/mol. The molecule has 0 aliphatic carbocycles. The van der Waals surface area contributed by atoms with Crippen LogP contribution in [0.4, 0.5) is 0 Å². The Hall–Kier alpha value is -1.56. The molecular formula is C13H18N4OS. The van der Waals surface area contributed by atoms with Gasteiger partial charge in [0.15, 0.2) is 5.16 Å². The summed E-state index contributed by atoms with van der Waals surface area (Å²) in [4.78, 5) is 22.8. The van der Waals surface area contributed by atoms with Gasteiger partial charge in [-0.05, 0) is 13.8 Å². The van der Waals surface area contributed by atoms with Crippen LogP contribution in [0.2, 0.25) is 0 Å². The lowest BCUT2D eigenvalue weighted by molar-refractivity contribution is 0.684. The second kappa shape index (κ2) is 6.06. The molecule has 2 aromatic rings. The Morgan fingerprint density at radius 3 is 2.84 bits per heavy atom. The van der Waals surface area contributed by atoms with Crippen molar-refractivity contribution < 1.29 is 0 Å². The molecule has 0 saturated carbocycles. The molecule has 0 aliphatic heterocycles. The molecule has 0 spiro atoms. The van der Waals surface area contributed by atoms with Gasteiger partial charge < -0.3 is 9.55 Å². The molecule has 1 N–H and O–H groups in total. The van der Waals surface area contributed by atoms with Gasteiger partial charge in [-0.2, -0.15) is 0 Å². The number of hydrogen-bond acceptors (Lipinski definition) is 4. The lowest BCUT2D eigenvalue weighted by atomic mass is 10.4. The minimum absolute atomic E-state index is 0.103. The van der Waals surface area contributed by atoms with Gasteiger partial charge >= 0.3 is 0 Å². The van der Waals surface area contributed by atoms with Crippen LogP contribution >= 0.6 is 11.8 Å². The number of aromatic amines is 1. The van der Waals surface area contributed by atoms with Crippen molar-refractivity contribution in [2.24, 2.45) is 0 Å². The van der Waals surface area contributed by atoms with Crippen molar-refractivity contribution in [3.8, 4) is 0 Å². The third-order valence-corrected chi connectivity index (χ3v) is 3.76. The van der Waals surface area contributed by atoms with Gasteiger partial charge in [0.05, 0.1) is 0 Å². The number of aromatic nitrogens is 4. The summed E-state index contributed by atoms with van der Waals surface area (Å²) in [7, 11) is 0. The highest BCUT2D eigenvalue weighted by molar-refractivity contribution is 7.98. The molecule has 5 nitrogen and oxygen atoms in total. The third-order valence-electron chi connectivity index (χ3n) is 2.86. The molecule has 0 amide bonds.